The normalized spacial score (nSPS) is 16.8. The van der Waals surface area contributed by atoms with Gasteiger partial charge in [-0.15, -0.1) is 0 Å². The molecule has 7 heteroatoms. The zero-order valence-electron chi connectivity index (χ0n) is 14.5. The molecule has 26 heavy (non-hydrogen) atoms. The highest BCUT2D eigenvalue weighted by molar-refractivity contribution is 7.80. The lowest BCUT2D eigenvalue weighted by Gasteiger charge is -2.34. The van der Waals surface area contributed by atoms with Crippen molar-refractivity contribution in [2.24, 2.45) is 0 Å². The molecule has 0 aliphatic carbocycles. The molecule has 1 aliphatic rings. The van der Waals surface area contributed by atoms with Crippen molar-refractivity contribution in [3.63, 3.8) is 0 Å². The fraction of sp³-hybridized carbons (Fsp3) is 0.316. The van der Waals surface area contributed by atoms with Crippen LogP contribution in [0.15, 0.2) is 48.5 Å². The van der Waals surface area contributed by atoms with Crippen LogP contribution in [0, 0.1) is 5.82 Å². The topological polar surface area (TPSA) is 43.0 Å². The molecular formula is C19H21FN2O3S. The molecule has 138 valence electrons. The Kier molecular flexibility index (Phi) is 6.25. The van der Waals surface area contributed by atoms with Crippen LogP contribution in [0.4, 0.5) is 10.1 Å². The van der Waals surface area contributed by atoms with E-state index in [4.69, 9.17) is 26.4 Å². The molecule has 0 aromatic heterocycles. The average Bonchev–Trinajstić information content (AvgIpc) is 2.68. The van der Waals surface area contributed by atoms with Crippen molar-refractivity contribution in [3.05, 3.63) is 54.3 Å². The molecule has 1 saturated heterocycles. The maximum Gasteiger partial charge on any atom is 0.173 e. The third kappa shape index (κ3) is 5.06. The van der Waals surface area contributed by atoms with Crippen LogP contribution in [0.3, 0.4) is 0 Å². The fourth-order valence-corrected chi connectivity index (χ4v) is 2.90. The molecular weight excluding hydrogens is 355 g/mol. The van der Waals surface area contributed by atoms with Crippen molar-refractivity contribution in [3.8, 4) is 11.5 Å². The molecule has 0 saturated carbocycles. The summed E-state index contributed by atoms with van der Waals surface area (Å²) < 4.78 is 29.8. The highest BCUT2D eigenvalue weighted by atomic mass is 32.1. The number of anilines is 1. The number of benzene rings is 2. The summed E-state index contributed by atoms with van der Waals surface area (Å²) in [6.45, 7) is 2.31. The third-order valence-corrected chi connectivity index (χ3v) is 4.36. The molecule has 2 aromatic rings. The monoisotopic (exact) mass is 376 g/mol. The van der Waals surface area contributed by atoms with Crippen LogP contribution in [0.25, 0.3) is 0 Å². The number of nitrogens with zero attached hydrogens (tertiary/aromatic N) is 1. The van der Waals surface area contributed by atoms with E-state index >= 15 is 0 Å². The van der Waals surface area contributed by atoms with Gasteiger partial charge in [0.2, 0.25) is 0 Å². The molecule has 0 spiro atoms. The number of ether oxygens (including phenoxy) is 3. The summed E-state index contributed by atoms with van der Waals surface area (Å²) >= 11 is 5.46. The number of methoxy groups -OCH3 is 1. The van der Waals surface area contributed by atoms with Crippen molar-refractivity contribution in [1.82, 2.24) is 4.90 Å². The van der Waals surface area contributed by atoms with E-state index in [1.165, 1.54) is 12.1 Å². The maximum absolute atomic E-state index is 13.0. The Morgan fingerprint density at radius 3 is 2.81 bits per heavy atom. The first-order chi connectivity index (χ1) is 12.6. The Hall–Kier alpha value is -2.38. The van der Waals surface area contributed by atoms with Crippen molar-refractivity contribution >= 4 is 23.0 Å². The van der Waals surface area contributed by atoms with Crippen LogP contribution in [-0.4, -0.2) is 49.5 Å². The molecule has 1 N–H and O–H groups in total. The summed E-state index contributed by atoms with van der Waals surface area (Å²) in [6.07, 6.45) is -0.0945. The Balaban J connectivity index is 1.51. The number of halogens is 1. The van der Waals surface area contributed by atoms with E-state index in [-0.39, 0.29) is 11.9 Å². The van der Waals surface area contributed by atoms with Crippen LogP contribution < -0.4 is 14.8 Å². The van der Waals surface area contributed by atoms with E-state index in [2.05, 4.69) is 5.32 Å². The maximum atomic E-state index is 13.0. The second-order valence-corrected chi connectivity index (χ2v) is 6.25. The van der Waals surface area contributed by atoms with Gasteiger partial charge in [-0.05, 0) is 48.6 Å². The predicted octanol–water partition coefficient (Wildman–Crippen LogP) is 3.31. The van der Waals surface area contributed by atoms with Gasteiger partial charge in [0.15, 0.2) is 5.11 Å². The van der Waals surface area contributed by atoms with Crippen LogP contribution in [-0.2, 0) is 4.74 Å². The van der Waals surface area contributed by atoms with Gasteiger partial charge in [0.25, 0.3) is 0 Å². The highest BCUT2D eigenvalue weighted by Crippen LogP contribution is 2.20. The van der Waals surface area contributed by atoms with Crippen LogP contribution in [0.1, 0.15) is 0 Å². The minimum Gasteiger partial charge on any atom is -0.497 e. The molecule has 3 rings (SSSR count). The van der Waals surface area contributed by atoms with Gasteiger partial charge in [-0.2, -0.15) is 0 Å². The van der Waals surface area contributed by atoms with Crippen LogP contribution >= 0.6 is 12.2 Å². The van der Waals surface area contributed by atoms with E-state index in [1.807, 2.05) is 29.2 Å². The lowest BCUT2D eigenvalue weighted by atomic mass is 10.3. The van der Waals surface area contributed by atoms with Gasteiger partial charge < -0.3 is 24.4 Å². The minimum absolute atomic E-state index is 0.0945. The first-order valence-electron chi connectivity index (χ1n) is 8.34. The van der Waals surface area contributed by atoms with Crippen molar-refractivity contribution in [2.75, 3.05) is 38.7 Å². The van der Waals surface area contributed by atoms with Gasteiger partial charge in [-0.1, -0.05) is 6.07 Å². The number of hydrogen-bond acceptors (Lipinski definition) is 4. The van der Waals surface area contributed by atoms with Gasteiger partial charge >= 0.3 is 0 Å². The molecule has 1 aliphatic heterocycles. The molecule has 0 radical (unpaired) electrons. The summed E-state index contributed by atoms with van der Waals surface area (Å²) in [5.74, 6) is 1.21. The third-order valence-electron chi connectivity index (χ3n) is 4.00. The number of hydrogen-bond donors (Lipinski definition) is 1. The summed E-state index contributed by atoms with van der Waals surface area (Å²) in [7, 11) is 1.62. The SMILES string of the molecule is COc1cccc(OC[C@@H]2CN(C(=S)Nc3ccc(F)cc3)CCO2)c1. The minimum atomic E-state index is -0.275. The first-order valence-corrected chi connectivity index (χ1v) is 8.75. The number of morpholine rings is 1. The smallest absolute Gasteiger partial charge is 0.173 e. The second-order valence-electron chi connectivity index (χ2n) is 5.87. The van der Waals surface area contributed by atoms with E-state index in [1.54, 1.807) is 19.2 Å². The van der Waals surface area contributed by atoms with Crippen molar-refractivity contribution < 1.29 is 18.6 Å². The fourth-order valence-electron chi connectivity index (χ4n) is 2.62. The molecule has 2 aromatic carbocycles. The Morgan fingerprint density at radius 1 is 1.27 bits per heavy atom. The number of nitrogens with one attached hydrogen (secondary N) is 1. The quantitative estimate of drug-likeness (QED) is 0.808. The van der Waals surface area contributed by atoms with Crippen molar-refractivity contribution in [1.29, 1.82) is 0 Å². The first kappa shape index (κ1) is 18.4. The predicted molar refractivity (Wildman–Crippen MR) is 102 cm³/mol. The van der Waals surface area contributed by atoms with Gasteiger partial charge in [-0.25, -0.2) is 4.39 Å². The van der Waals surface area contributed by atoms with Gasteiger partial charge in [0.1, 0.15) is 30.0 Å². The molecule has 0 amide bonds. The van der Waals surface area contributed by atoms with Crippen LogP contribution in [0.5, 0.6) is 11.5 Å². The molecule has 1 fully saturated rings. The Bertz CT molecular complexity index is 742. The molecule has 0 unspecified atom stereocenters. The molecule has 1 atom stereocenters. The Labute approximate surface area is 157 Å². The summed E-state index contributed by atoms with van der Waals surface area (Å²) in [4.78, 5) is 2.03. The largest absolute Gasteiger partial charge is 0.497 e. The van der Waals surface area contributed by atoms with Crippen LogP contribution in [0.2, 0.25) is 0 Å². The molecule has 1 heterocycles. The average molecular weight is 376 g/mol. The Morgan fingerprint density at radius 2 is 2.04 bits per heavy atom. The van der Waals surface area contributed by atoms with E-state index in [9.17, 15) is 4.39 Å². The van der Waals surface area contributed by atoms with E-state index in [0.717, 1.165) is 17.2 Å². The number of thiocarbonyl (C=S) groups is 1. The van der Waals surface area contributed by atoms with Crippen molar-refractivity contribution in [2.45, 2.75) is 6.10 Å². The zero-order chi connectivity index (χ0) is 18.4. The zero-order valence-corrected chi connectivity index (χ0v) is 15.3. The van der Waals surface area contributed by atoms with Gasteiger partial charge in [0.05, 0.1) is 13.7 Å². The highest BCUT2D eigenvalue weighted by Gasteiger charge is 2.23. The second kappa shape index (κ2) is 8.82. The van der Waals surface area contributed by atoms with E-state index < -0.39 is 0 Å². The molecule has 0 bridgehead atoms. The van der Waals surface area contributed by atoms with Gasteiger partial charge in [0, 0.05) is 24.8 Å². The lowest BCUT2D eigenvalue weighted by Crippen LogP contribution is -2.49. The standard InChI is InChI=1S/C19H21FN2O3S/c1-23-16-3-2-4-17(11-16)25-13-18-12-22(9-10-24-18)19(26)21-15-7-5-14(20)6-8-15/h2-8,11,18H,9-10,12-13H2,1H3,(H,21,26)/t18-/m0/s1. The van der Waals surface area contributed by atoms with Gasteiger partial charge in [-0.3, -0.25) is 0 Å². The lowest BCUT2D eigenvalue weighted by molar-refractivity contribution is -0.0280. The van der Waals surface area contributed by atoms with E-state index in [0.29, 0.717) is 31.4 Å². The summed E-state index contributed by atoms with van der Waals surface area (Å²) in [5, 5.41) is 3.72. The summed E-state index contributed by atoms with van der Waals surface area (Å²) in [5.41, 5.74) is 0.757. The summed E-state index contributed by atoms with van der Waals surface area (Å²) in [6, 6.07) is 13.6. The number of rotatable bonds is 5. The molecule has 5 nitrogen and oxygen atoms in total.